The van der Waals surface area contributed by atoms with Crippen molar-refractivity contribution >= 4 is 27.5 Å². The predicted octanol–water partition coefficient (Wildman–Crippen LogP) is 5.00. The lowest BCUT2D eigenvalue weighted by Gasteiger charge is -2.22. The van der Waals surface area contributed by atoms with Gasteiger partial charge in [0.2, 0.25) is 0 Å². The third-order valence-electron chi connectivity index (χ3n) is 2.78. The van der Waals surface area contributed by atoms with Crippen LogP contribution in [0.1, 0.15) is 19.4 Å². The van der Waals surface area contributed by atoms with Crippen molar-refractivity contribution in [2.45, 2.75) is 19.4 Å². The van der Waals surface area contributed by atoms with E-state index in [2.05, 4.69) is 15.9 Å². The van der Waals surface area contributed by atoms with Crippen LogP contribution in [0.25, 0.3) is 11.1 Å². The van der Waals surface area contributed by atoms with E-state index < -0.39 is 5.60 Å². The van der Waals surface area contributed by atoms with Crippen LogP contribution in [-0.4, -0.2) is 5.11 Å². The predicted molar refractivity (Wildman–Crippen MR) is 79.8 cm³/mol. The molecule has 0 radical (unpaired) electrons. The van der Waals surface area contributed by atoms with Gasteiger partial charge in [-0.25, -0.2) is 0 Å². The number of benzene rings is 2. The molecule has 0 aliphatic rings. The Morgan fingerprint density at radius 2 is 1.83 bits per heavy atom. The van der Waals surface area contributed by atoms with Gasteiger partial charge in [-0.1, -0.05) is 45.7 Å². The van der Waals surface area contributed by atoms with Crippen LogP contribution in [0.5, 0.6) is 0 Å². The highest BCUT2D eigenvalue weighted by Crippen LogP contribution is 2.34. The van der Waals surface area contributed by atoms with Crippen molar-refractivity contribution in [3.05, 3.63) is 57.5 Å². The van der Waals surface area contributed by atoms with Gasteiger partial charge in [-0.05, 0) is 54.8 Å². The second-order valence-electron chi connectivity index (χ2n) is 4.76. The highest BCUT2D eigenvalue weighted by atomic mass is 79.9. The smallest absolute Gasteiger partial charge is 0.0847 e. The van der Waals surface area contributed by atoms with Gasteiger partial charge in [0, 0.05) is 9.50 Å². The van der Waals surface area contributed by atoms with Crippen LogP contribution in [0.2, 0.25) is 5.02 Å². The fourth-order valence-electron chi connectivity index (χ4n) is 1.93. The molecule has 2 aromatic carbocycles. The van der Waals surface area contributed by atoms with Crippen molar-refractivity contribution in [3.8, 4) is 11.1 Å². The van der Waals surface area contributed by atoms with E-state index in [0.717, 1.165) is 21.2 Å². The highest BCUT2D eigenvalue weighted by Gasteiger charge is 2.21. The van der Waals surface area contributed by atoms with E-state index in [0.29, 0.717) is 5.02 Å². The maximum atomic E-state index is 10.3. The minimum absolute atomic E-state index is 0.630. The van der Waals surface area contributed by atoms with E-state index in [-0.39, 0.29) is 0 Å². The second kappa shape index (κ2) is 5.04. The second-order valence-corrected chi connectivity index (χ2v) is 6.11. The fourth-order valence-corrected chi connectivity index (χ4v) is 2.50. The van der Waals surface area contributed by atoms with Crippen molar-refractivity contribution in [1.29, 1.82) is 0 Å². The van der Waals surface area contributed by atoms with E-state index in [1.807, 2.05) is 42.5 Å². The number of hydrogen-bond acceptors (Lipinski definition) is 1. The Labute approximate surface area is 121 Å². The molecule has 0 saturated carbocycles. The van der Waals surface area contributed by atoms with Gasteiger partial charge in [-0.2, -0.15) is 0 Å². The molecule has 0 spiro atoms. The summed E-state index contributed by atoms with van der Waals surface area (Å²) in [5, 5.41) is 10.9. The molecule has 0 heterocycles. The summed E-state index contributed by atoms with van der Waals surface area (Å²) in [6.07, 6.45) is 0. The van der Waals surface area contributed by atoms with Crippen LogP contribution in [-0.2, 0) is 5.60 Å². The average Bonchev–Trinajstić information content (AvgIpc) is 2.27. The zero-order chi connectivity index (χ0) is 13.3. The summed E-state index contributed by atoms with van der Waals surface area (Å²) < 4.78 is 1.01. The standard InChI is InChI=1S/C15H14BrClO/c1-15(2,18)14-9-12(17)6-7-13(14)10-4-3-5-11(16)8-10/h3-9,18H,1-2H3. The summed E-state index contributed by atoms with van der Waals surface area (Å²) in [6.45, 7) is 3.53. The molecule has 0 aliphatic carbocycles. The number of aliphatic hydroxyl groups is 1. The monoisotopic (exact) mass is 324 g/mol. The third-order valence-corrected chi connectivity index (χ3v) is 3.50. The Morgan fingerprint density at radius 1 is 1.11 bits per heavy atom. The molecule has 0 fully saturated rings. The molecule has 0 bridgehead atoms. The first-order valence-corrected chi connectivity index (χ1v) is 6.83. The minimum atomic E-state index is -0.928. The van der Waals surface area contributed by atoms with Crippen LogP contribution in [0, 0.1) is 0 Å². The van der Waals surface area contributed by atoms with E-state index in [9.17, 15) is 5.11 Å². The van der Waals surface area contributed by atoms with E-state index in [1.54, 1.807) is 13.8 Å². The third kappa shape index (κ3) is 2.94. The summed E-state index contributed by atoms with van der Waals surface area (Å²) in [4.78, 5) is 0. The van der Waals surface area contributed by atoms with Crippen molar-refractivity contribution in [3.63, 3.8) is 0 Å². The first-order chi connectivity index (χ1) is 8.38. The lowest BCUT2D eigenvalue weighted by Crippen LogP contribution is -2.16. The van der Waals surface area contributed by atoms with Gasteiger partial charge >= 0.3 is 0 Å². The van der Waals surface area contributed by atoms with E-state index in [4.69, 9.17) is 11.6 Å². The number of hydrogen-bond donors (Lipinski definition) is 1. The molecule has 1 N–H and O–H groups in total. The Balaban J connectivity index is 2.64. The largest absolute Gasteiger partial charge is 0.386 e. The highest BCUT2D eigenvalue weighted by molar-refractivity contribution is 9.10. The molecule has 0 aliphatic heterocycles. The maximum absolute atomic E-state index is 10.3. The van der Waals surface area contributed by atoms with Crippen molar-refractivity contribution in [2.75, 3.05) is 0 Å². The normalized spacial score (nSPS) is 11.6. The number of rotatable bonds is 2. The Bertz CT molecular complexity index is 573. The molecule has 0 aromatic heterocycles. The van der Waals surface area contributed by atoms with Crippen LogP contribution in [0.4, 0.5) is 0 Å². The molecule has 3 heteroatoms. The summed E-state index contributed by atoms with van der Waals surface area (Å²) >= 11 is 9.48. The van der Waals surface area contributed by atoms with Gasteiger partial charge in [0.1, 0.15) is 0 Å². The zero-order valence-electron chi connectivity index (χ0n) is 10.2. The molecule has 0 atom stereocenters. The van der Waals surface area contributed by atoms with Gasteiger partial charge in [0.05, 0.1) is 5.60 Å². The average molecular weight is 326 g/mol. The van der Waals surface area contributed by atoms with Crippen LogP contribution in [0.15, 0.2) is 46.9 Å². The minimum Gasteiger partial charge on any atom is -0.386 e. The van der Waals surface area contributed by atoms with Crippen LogP contribution in [0.3, 0.4) is 0 Å². The zero-order valence-corrected chi connectivity index (χ0v) is 12.6. The van der Waals surface area contributed by atoms with Crippen molar-refractivity contribution in [2.24, 2.45) is 0 Å². The lowest BCUT2D eigenvalue weighted by atomic mass is 9.90. The van der Waals surface area contributed by atoms with Gasteiger partial charge in [-0.15, -0.1) is 0 Å². The molecule has 0 saturated heterocycles. The number of halogens is 2. The molecular weight excluding hydrogens is 312 g/mol. The molecule has 2 aromatic rings. The topological polar surface area (TPSA) is 20.2 Å². The summed E-state index contributed by atoms with van der Waals surface area (Å²) in [5.74, 6) is 0. The molecule has 0 amide bonds. The maximum Gasteiger partial charge on any atom is 0.0847 e. The van der Waals surface area contributed by atoms with Crippen molar-refractivity contribution in [1.82, 2.24) is 0 Å². The Kier molecular flexibility index (Phi) is 3.81. The van der Waals surface area contributed by atoms with Crippen LogP contribution >= 0.6 is 27.5 Å². The van der Waals surface area contributed by atoms with Crippen molar-refractivity contribution < 1.29 is 5.11 Å². The molecule has 1 nitrogen and oxygen atoms in total. The quantitative estimate of drug-likeness (QED) is 0.824. The van der Waals surface area contributed by atoms with Gasteiger partial charge in [-0.3, -0.25) is 0 Å². The molecular formula is C15H14BrClO. The fraction of sp³-hybridized carbons (Fsp3) is 0.200. The van der Waals surface area contributed by atoms with E-state index in [1.165, 1.54) is 0 Å². The summed E-state index contributed by atoms with van der Waals surface area (Å²) in [6, 6.07) is 13.6. The SMILES string of the molecule is CC(C)(O)c1cc(Cl)ccc1-c1cccc(Br)c1. The van der Waals surface area contributed by atoms with Gasteiger partial charge in [0.25, 0.3) is 0 Å². The Morgan fingerprint density at radius 3 is 2.44 bits per heavy atom. The molecule has 0 unspecified atom stereocenters. The first kappa shape index (κ1) is 13.6. The summed E-state index contributed by atoms with van der Waals surface area (Å²) in [5.41, 5.74) is 1.95. The van der Waals surface area contributed by atoms with Gasteiger partial charge < -0.3 is 5.11 Å². The molecule has 18 heavy (non-hydrogen) atoms. The summed E-state index contributed by atoms with van der Waals surface area (Å²) in [7, 11) is 0. The molecule has 2 rings (SSSR count). The van der Waals surface area contributed by atoms with E-state index >= 15 is 0 Å². The molecule has 94 valence electrons. The lowest BCUT2D eigenvalue weighted by molar-refractivity contribution is 0.0792. The first-order valence-electron chi connectivity index (χ1n) is 5.66. The van der Waals surface area contributed by atoms with Gasteiger partial charge in [0.15, 0.2) is 0 Å². The van der Waals surface area contributed by atoms with Crippen LogP contribution < -0.4 is 0 Å². The Hall–Kier alpha value is -0.830.